The minimum atomic E-state index is -0.0418. The smallest absolute Gasteiger partial charge is 0.248 e. The Morgan fingerprint density at radius 1 is 1.14 bits per heavy atom. The van der Waals surface area contributed by atoms with E-state index in [4.69, 9.17) is 0 Å². The van der Waals surface area contributed by atoms with Crippen LogP contribution < -0.4 is 16.2 Å². The number of hydrogen-bond acceptors (Lipinski definition) is 3. The molecule has 0 atom stereocenters. The van der Waals surface area contributed by atoms with Gasteiger partial charge in [0.05, 0.1) is 0 Å². The molecule has 0 spiro atoms. The van der Waals surface area contributed by atoms with Gasteiger partial charge in [-0.25, -0.2) is 0 Å². The largest absolute Gasteiger partial charge is 0.322 e. The van der Waals surface area contributed by atoms with Gasteiger partial charge in [-0.1, -0.05) is 18.2 Å². The summed E-state index contributed by atoms with van der Waals surface area (Å²) in [5.41, 5.74) is 2.08. The van der Waals surface area contributed by atoms with Crippen LogP contribution in [0.2, 0.25) is 0 Å². The van der Waals surface area contributed by atoms with Gasteiger partial charge in [0.2, 0.25) is 5.56 Å². The number of nitrogens with one attached hydrogen (secondary N) is 3. The van der Waals surface area contributed by atoms with E-state index >= 15 is 0 Å². The fourth-order valence-electron chi connectivity index (χ4n) is 2.32. The average Bonchev–Trinajstić information content (AvgIpc) is 2.41. The van der Waals surface area contributed by atoms with Crippen molar-refractivity contribution in [1.29, 1.82) is 0 Å². The third kappa shape index (κ3) is 4.99. The van der Waals surface area contributed by atoms with E-state index in [0.717, 1.165) is 42.5 Å². The van der Waals surface area contributed by atoms with Crippen LogP contribution in [-0.2, 0) is 6.54 Å². The molecule has 0 bridgehead atoms. The number of aromatic nitrogens is 1. The molecule has 0 fully saturated rings. The molecule has 0 saturated carbocycles. The van der Waals surface area contributed by atoms with Crippen molar-refractivity contribution in [2.24, 2.45) is 0 Å². The van der Waals surface area contributed by atoms with E-state index in [2.05, 4.69) is 36.4 Å². The van der Waals surface area contributed by atoms with E-state index in [1.807, 2.05) is 24.3 Å². The van der Waals surface area contributed by atoms with Gasteiger partial charge < -0.3 is 15.6 Å². The van der Waals surface area contributed by atoms with Crippen LogP contribution in [0.1, 0.15) is 32.8 Å². The van der Waals surface area contributed by atoms with Gasteiger partial charge in [0.25, 0.3) is 0 Å². The zero-order valence-electron chi connectivity index (χ0n) is 13.1. The third-order valence-electron chi connectivity index (χ3n) is 3.34. The highest BCUT2D eigenvalue weighted by Crippen LogP contribution is 2.14. The Labute approximate surface area is 126 Å². The summed E-state index contributed by atoms with van der Waals surface area (Å²) in [6, 6.07) is 9.60. The van der Waals surface area contributed by atoms with Gasteiger partial charge in [-0.05, 0) is 51.9 Å². The van der Waals surface area contributed by atoms with Gasteiger partial charge in [0.1, 0.15) is 0 Å². The predicted molar refractivity (Wildman–Crippen MR) is 88.6 cm³/mol. The standard InChI is InChI=1S/C17H25N3O/c1-17(2,3)19-10-6-9-18-12-13-11-16(21)20-15-8-5-4-7-14(13)15/h4-5,7-8,11,18-19H,6,9-10,12H2,1-3H3,(H,20,21). The minimum Gasteiger partial charge on any atom is -0.322 e. The van der Waals surface area contributed by atoms with Crippen LogP contribution in [0.3, 0.4) is 0 Å². The molecule has 1 heterocycles. The number of para-hydroxylation sites is 1. The maximum Gasteiger partial charge on any atom is 0.248 e. The van der Waals surface area contributed by atoms with Gasteiger partial charge >= 0.3 is 0 Å². The van der Waals surface area contributed by atoms with Crippen molar-refractivity contribution >= 4 is 10.9 Å². The second-order valence-corrected chi connectivity index (χ2v) is 6.41. The first-order valence-electron chi connectivity index (χ1n) is 7.52. The Morgan fingerprint density at radius 2 is 1.90 bits per heavy atom. The zero-order valence-corrected chi connectivity index (χ0v) is 13.1. The third-order valence-corrected chi connectivity index (χ3v) is 3.34. The number of pyridine rings is 1. The van der Waals surface area contributed by atoms with Gasteiger partial charge in [0, 0.05) is 29.1 Å². The van der Waals surface area contributed by atoms with Gasteiger partial charge in [-0.15, -0.1) is 0 Å². The summed E-state index contributed by atoms with van der Waals surface area (Å²) in [6.45, 7) is 9.16. The maximum absolute atomic E-state index is 11.7. The summed E-state index contributed by atoms with van der Waals surface area (Å²) in [4.78, 5) is 14.5. The van der Waals surface area contributed by atoms with Crippen molar-refractivity contribution in [3.8, 4) is 0 Å². The van der Waals surface area contributed by atoms with Crippen molar-refractivity contribution < 1.29 is 0 Å². The zero-order chi connectivity index (χ0) is 15.3. The molecule has 4 nitrogen and oxygen atoms in total. The molecular weight excluding hydrogens is 262 g/mol. The molecule has 2 rings (SSSR count). The molecule has 2 aromatic rings. The summed E-state index contributed by atoms with van der Waals surface area (Å²) in [5, 5.41) is 7.99. The van der Waals surface area contributed by atoms with Gasteiger partial charge in [-0.3, -0.25) is 4.79 Å². The molecular formula is C17H25N3O. The summed E-state index contributed by atoms with van der Waals surface area (Å²) in [7, 11) is 0. The Balaban J connectivity index is 1.88. The number of fused-ring (bicyclic) bond motifs is 1. The molecule has 0 saturated heterocycles. The first kappa shape index (κ1) is 15.7. The molecule has 1 aromatic carbocycles. The summed E-state index contributed by atoms with van der Waals surface area (Å²) >= 11 is 0. The van der Waals surface area contributed by atoms with Gasteiger partial charge in [-0.2, -0.15) is 0 Å². The number of rotatable bonds is 6. The highest BCUT2D eigenvalue weighted by molar-refractivity contribution is 5.81. The molecule has 0 aliphatic carbocycles. The van der Waals surface area contributed by atoms with Crippen molar-refractivity contribution in [2.45, 2.75) is 39.3 Å². The van der Waals surface area contributed by atoms with Crippen LogP contribution in [0.25, 0.3) is 10.9 Å². The lowest BCUT2D eigenvalue weighted by atomic mass is 10.1. The fourth-order valence-corrected chi connectivity index (χ4v) is 2.32. The molecule has 0 amide bonds. The van der Waals surface area contributed by atoms with Gasteiger partial charge in [0.15, 0.2) is 0 Å². The van der Waals surface area contributed by atoms with Crippen LogP contribution >= 0.6 is 0 Å². The van der Waals surface area contributed by atoms with Crippen molar-refractivity contribution in [3.63, 3.8) is 0 Å². The van der Waals surface area contributed by atoms with Crippen LogP contribution in [0.5, 0.6) is 0 Å². The average molecular weight is 287 g/mol. The Hall–Kier alpha value is -1.65. The Morgan fingerprint density at radius 3 is 2.67 bits per heavy atom. The molecule has 0 aliphatic heterocycles. The van der Waals surface area contributed by atoms with E-state index in [9.17, 15) is 4.79 Å². The highest BCUT2D eigenvalue weighted by Gasteiger charge is 2.07. The fraction of sp³-hybridized carbons (Fsp3) is 0.471. The molecule has 1 aromatic heterocycles. The van der Waals surface area contributed by atoms with E-state index < -0.39 is 0 Å². The first-order valence-corrected chi connectivity index (χ1v) is 7.52. The Bertz CT molecular complexity index is 640. The summed E-state index contributed by atoms with van der Waals surface area (Å²) < 4.78 is 0. The van der Waals surface area contributed by atoms with Crippen LogP contribution in [-0.4, -0.2) is 23.6 Å². The lowest BCUT2D eigenvalue weighted by Crippen LogP contribution is -2.37. The van der Waals surface area contributed by atoms with Crippen molar-refractivity contribution in [1.82, 2.24) is 15.6 Å². The molecule has 4 heteroatoms. The van der Waals surface area contributed by atoms with E-state index in [1.54, 1.807) is 6.07 Å². The quantitative estimate of drug-likeness (QED) is 0.715. The monoisotopic (exact) mass is 287 g/mol. The molecule has 0 unspecified atom stereocenters. The molecule has 3 N–H and O–H groups in total. The molecule has 21 heavy (non-hydrogen) atoms. The summed E-state index contributed by atoms with van der Waals surface area (Å²) in [6.07, 6.45) is 1.07. The van der Waals surface area contributed by atoms with Crippen molar-refractivity contribution in [3.05, 3.63) is 46.2 Å². The second kappa shape index (κ2) is 6.87. The molecule has 0 aliphatic rings. The highest BCUT2D eigenvalue weighted by atomic mass is 16.1. The SMILES string of the molecule is CC(C)(C)NCCCNCc1cc(=O)[nH]c2ccccc12. The minimum absolute atomic E-state index is 0.0418. The number of aromatic amines is 1. The number of benzene rings is 1. The maximum atomic E-state index is 11.7. The van der Waals surface area contributed by atoms with Crippen molar-refractivity contribution in [2.75, 3.05) is 13.1 Å². The van der Waals surface area contributed by atoms with Crippen LogP contribution in [0.4, 0.5) is 0 Å². The predicted octanol–water partition coefficient (Wildman–Crippen LogP) is 2.40. The Kier molecular flexibility index (Phi) is 5.15. The van der Waals surface area contributed by atoms with E-state index in [1.165, 1.54) is 0 Å². The second-order valence-electron chi connectivity index (χ2n) is 6.41. The van der Waals surface area contributed by atoms with E-state index in [0.29, 0.717) is 0 Å². The number of H-pyrrole nitrogens is 1. The lowest BCUT2D eigenvalue weighted by molar-refractivity contribution is 0.418. The molecule has 0 radical (unpaired) electrons. The van der Waals surface area contributed by atoms with Crippen LogP contribution in [0, 0.1) is 0 Å². The van der Waals surface area contributed by atoms with Crippen LogP contribution in [0.15, 0.2) is 35.1 Å². The topological polar surface area (TPSA) is 56.9 Å². The molecule has 114 valence electrons. The summed E-state index contributed by atoms with van der Waals surface area (Å²) in [5.74, 6) is 0. The van der Waals surface area contributed by atoms with E-state index in [-0.39, 0.29) is 11.1 Å². The number of hydrogen-bond donors (Lipinski definition) is 3. The first-order chi connectivity index (χ1) is 9.96. The lowest BCUT2D eigenvalue weighted by Gasteiger charge is -2.20. The normalized spacial score (nSPS) is 12.0.